The summed E-state index contributed by atoms with van der Waals surface area (Å²) in [5, 5.41) is 10.4. The van der Waals surface area contributed by atoms with Crippen LogP contribution in [0.1, 0.15) is 30.6 Å². The Labute approximate surface area is 93.7 Å². The third kappa shape index (κ3) is 3.12. The second kappa shape index (κ2) is 5.34. The molecule has 5 heteroatoms. The highest BCUT2D eigenvalue weighted by atomic mass is 16.4. The lowest BCUT2D eigenvalue weighted by Crippen LogP contribution is -2.39. The Bertz CT molecular complexity index is 356. The van der Waals surface area contributed by atoms with Crippen LogP contribution in [0.4, 0.5) is 0 Å². The van der Waals surface area contributed by atoms with Gasteiger partial charge in [-0.1, -0.05) is 0 Å². The van der Waals surface area contributed by atoms with Gasteiger partial charge in [0.05, 0.1) is 11.8 Å². The number of amides is 1. The summed E-state index contributed by atoms with van der Waals surface area (Å²) >= 11 is 0. The number of rotatable bonds is 5. The molecule has 0 N–H and O–H groups in total. The molecule has 0 saturated heterocycles. The lowest BCUT2D eigenvalue weighted by Gasteiger charge is -2.26. The van der Waals surface area contributed by atoms with E-state index in [-0.39, 0.29) is 24.9 Å². The molecule has 0 fully saturated rings. The Morgan fingerprint density at radius 3 is 2.62 bits per heavy atom. The molecule has 1 amide bonds. The predicted molar refractivity (Wildman–Crippen MR) is 54.5 cm³/mol. The van der Waals surface area contributed by atoms with Gasteiger partial charge in [0.1, 0.15) is 6.26 Å². The Hall–Kier alpha value is -1.78. The predicted octanol–water partition coefficient (Wildman–Crippen LogP) is 0.270. The number of carbonyl (C=O) groups is 2. The smallest absolute Gasteiger partial charge is 0.257 e. The first-order valence-electron chi connectivity index (χ1n) is 5.05. The largest absolute Gasteiger partial charge is 0.550 e. The standard InChI is InChI=1S/C11H15NO4/c1-8(2)12(5-3-10(13)14)11(15)9-4-6-16-7-9/h4,6-8H,3,5H2,1-2H3,(H,13,14)/p-1. The third-order valence-corrected chi connectivity index (χ3v) is 2.21. The molecule has 88 valence electrons. The molecule has 1 rings (SSSR count). The fraction of sp³-hybridized carbons (Fsp3) is 0.455. The molecule has 1 heterocycles. The molecule has 0 radical (unpaired) electrons. The number of carbonyl (C=O) groups excluding carboxylic acids is 2. The topological polar surface area (TPSA) is 73.6 Å². The third-order valence-electron chi connectivity index (χ3n) is 2.21. The van der Waals surface area contributed by atoms with Crippen molar-refractivity contribution in [2.24, 2.45) is 0 Å². The van der Waals surface area contributed by atoms with Gasteiger partial charge in [-0.2, -0.15) is 0 Å². The minimum Gasteiger partial charge on any atom is -0.550 e. The summed E-state index contributed by atoms with van der Waals surface area (Å²) < 4.78 is 4.81. The van der Waals surface area contributed by atoms with Gasteiger partial charge >= 0.3 is 0 Å². The summed E-state index contributed by atoms with van der Waals surface area (Å²) in [5.74, 6) is -1.39. The molecule has 0 aromatic carbocycles. The van der Waals surface area contributed by atoms with Crippen molar-refractivity contribution in [2.75, 3.05) is 6.54 Å². The zero-order valence-corrected chi connectivity index (χ0v) is 9.30. The summed E-state index contributed by atoms with van der Waals surface area (Å²) in [6, 6.07) is 1.48. The average Bonchev–Trinajstić information content (AvgIpc) is 2.69. The number of nitrogens with zero attached hydrogens (tertiary/aromatic N) is 1. The van der Waals surface area contributed by atoms with E-state index in [1.165, 1.54) is 17.4 Å². The molecule has 0 bridgehead atoms. The second-order valence-electron chi connectivity index (χ2n) is 3.73. The summed E-state index contributed by atoms with van der Waals surface area (Å²) in [4.78, 5) is 23.8. The summed E-state index contributed by atoms with van der Waals surface area (Å²) in [7, 11) is 0. The number of furan rings is 1. The monoisotopic (exact) mass is 224 g/mol. The van der Waals surface area contributed by atoms with Gasteiger partial charge in [-0.05, 0) is 19.9 Å². The molecule has 1 aromatic rings. The second-order valence-corrected chi connectivity index (χ2v) is 3.73. The molecule has 0 saturated carbocycles. The first-order chi connectivity index (χ1) is 7.52. The van der Waals surface area contributed by atoms with Crippen molar-refractivity contribution in [2.45, 2.75) is 26.3 Å². The molecule has 0 aliphatic heterocycles. The normalized spacial score (nSPS) is 10.4. The van der Waals surface area contributed by atoms with Crippen LogP contribution < -0.4 is 5.11 Å². The molecule has 0 unspecified atom stereocenters. The van der Waals surface area contributed by atoms with E-state index in [1.807, 2.05) is 13.8 Å². The highest BCUT2D eigenvalue weighted by Crippen LogP contribution is 2.09. The molecule has 16 heavy (non-hydrogen) atoms. The van der Waals surface area contributed by atoms with E-state index in [4.69, 9.17) is 4.42 Å². The molecule has 5 nitrogen and oxygen atoms in total. The summed E-state index contributed by atoms with van der Waals surface area (Å²) in [5.41, 5.74) is 0.423. The van der Waals surface area contributed by atoms with Gasteiger partial charge in [-0.15, -0.1) is 0 Å². The van der Waals surface area contributed by atoms with Gasteiger partial charge in [0.15, 0.2) is 0 Å². The maximum atomic E-state index is 11.9. The fourth-order valence-corrected chi connectivity index (χ4v) is 1.36. The summed E-state index contributed by atoms with van der Waals surface area (Å²) in [6.07, 6.45) is 2.59. The van der Waals surface area contributed by atoms with Crippen molar-refractivity contribution in [3.05, 3.63) is 24.2 Å². The van der Waals surface area contributed by atoms with Crippen molar-refractivity contribution in [1.82, 2.24) is 4.90 Å². The van der Waals surface area contributed by atoms with Crippen LogP contribution in [-0.4, -0.2) is 29.4 Å². The van der Waals surface area contributed by atoms with Crippen LogP contribution in [0.2, 0.25) is 0 Å². The maximum Gasteiger partial charge on any atom is 0.257 e. The Balaban J connectivity index is 2.70. The molecule has 0 spiro atoms. The molecule has 0 aliphatic carbocycles. The lowest BCUT2D eigenvalue weighted by atomic mass is 10.2. The van der Waals surface area contributed by atoms with Gasteiger partial charge < -0.3 is 19.2 Å². The van der Waals surface area contributed by atoms with Gasteiger partial charge in [0.25, 0.3) is 5.91 Å². The van der Waals surface area contributed by atoms with Crippen LogP contribution in [0.3, 0.4) is 0 Å². The fourth-order valence-electron chi connectivity index (χ4n) is 1.36. The van der Waals surface area contributed by atoms with E-state index in [0.717, 1.165) is 0 Å². The number of aliphatic carboxylic acids is 1. The van der Waals surface area contributed by atoms with Crippen LogP contribution in [0.15, 0.2) is 23.0 Å². The summed E-state index contributed by atoms with van der Waals surface area (Å²) in [6.45, 7) is 3.80. The van der Waals surface area contributed by atoms with Gasteiger partial charge in [0.2, 0.25) is 0 Å². The minimum atomic E-state index is -1.16. The van der Waals surface area contributed by atoms with Crippen molar-refractivity contribution in [3.8, 4) is 0 Å². The number of hydrogen-bond donors (Lipinski definition) is 0. The van der Waals surface area contributed by atoms with E-state index in [1.54, 1.807) is 6.07 Å². The van der Waals surface area contributed by atoms with E-state index in [0.29, 0.717) is 5.56 Å². The van der Waals surface area contributed by atoms with Gasteiger partial charge in [-0.3, -0.25) is 4.79 Å². The first kappa shape index (κ1) is 12.3. The number of carboxylic acid groups (broad SMARTS) is 1. The van der Waals surface area contributed by atoms with Crippen molar-refractivity contribution in [3.63, 3.8) is 0 Å². The molecule has 0 atom stereocenters. The van der Waals surface area contributed by atoms with E-state index < -0.39 is 5.97 Å². The molecule has 0 aliphatic rings. The Morgan fingerprint density at radius 1 is 1.50 bits per heavy atom. The van der Waals surface area contributed by atoms with Gasteiger partial charge in [0, 0.05) is 25.0 Å². The molecular weight excluding hydrogens is 210 g/mol. The molecule has 1 aromatic heterocycles. The van der Waals surface area contributed by atoms with Crippen molar-refractivity contribution < 1.29 is 19.1 Å². The van der Waals surface area contributed by atoms with Crippen LogP contribution in [0.5, 0.6) is 0 Å². The lowest BCUT2D eigenvalue weighted by molar-refractivity contribution is -0.305. The SMILES string of the molecule is CC(C)N(CCC(=O)[O-])C(=O)c1ccoc1. The maximum absolute atomic E-state index is 11.9. The average molecular weight is 224 g/mol. The molecular formula is C11H14NO4-. The van der Waals surface area contributed by atoms with E-state index in [2.05, 4.69) is 0 Å². The highest BCUT2D eigenvalue weighted by Gasteiger charge is 2.19. The van der Waals surface area contributed by atoms with Crippen molar-refractivity contribution >= 4 is 11.9 Å². The zero-order valence-electron chi connectivity index (χ0n) is 9.30. The van der Waals surface area contributed by atoms with Crippen LogP contribution >= 0.6 is 0 Å². The van der Waals surface area contributed by atoms with E-state index >= 15 is 0 Å². The minimum absolute atomic E-state index is 0.0678. The Kier molecular flexibility index (Phi) is 4.10. The van der Waals surface area contributed by atoms with Crippen LogP contribution in [0, 0.1) is 0 Å². The number of hydrogen-bond acceptors (Lipinski definition) is 4. The highest BCUT2D eigenvalue weighted by molar-refractivity contribution is 5.94. The van der Waals surface area contributed by atoms with Crippen LogP contribution in [-0.2, 0) is 4.79 Å². The zero-order chi connectivity index (χ0) is 12.1. The van der Waals surface area contributed by atoms with E-state index in [9.17, 15) is 14.7 Å². The van der Waals surface area contributed by atoms with Crippen molar-refractivity contribution in [1.29, 1.82) is 0 Å². The van der Waals surface area contributed by atoms with Crippen LogP contribution in [0.25, 0.3) is 0 Å². The van der Waals surface area contributed by atoms with Gasteiger partial charge in [-0.25, -0.2) is 0 Å². The number of carboxylic acids is 1. The first-order valence-corrected chi connectivity index (χ1v) is 5.05. The quantitative estimate of drug-likeness (QED) is 0.719. The Morgan fingerprint density at radius 2 is 2.19 bits per heavy atom.